The number of H-pyrrole nitrogens is 2. The average Bonchev–Trinajstić information content (AvgIpc) is 2.74. The van der Waals surface area contributed by atoms with Crippen LogP contribution in [-0.4, -0.2) is 47.7 Å². The van der Waals surface area contributed by atoms with E-state index in [9.17, 15) is 9.59 Å². The van der Waals surface area contributed by atoms with Gasteiger partial charge in [0.25, 0.3) is 0 Å². The fourth-order valence-corrected chi connectivity index (χ4v) is 1.93. The van der Waals surface area contributed by atoms with Gasteiger partial charge in [-0.25, -0.2) is 4.79 Å². The van der Waals surface area contributed by atoms with Crippen molar-refractivity contribution in [2.75, 3.05) is 25.5 Å². The molecule has 1 aromatic heterocycles. The number of nitrogens with one attached hydrogen (secondary N) is 3. The summed E-state index contributed by atoms with van der Waals surface area (Å²) in [5, 5.41) is 11.7. The number of fused-ring (bicyclic) bond motifs is 1. The van der Waals surface area contributed by atoms with Gasteiger partial charge < -0.3 is 25.3 Å². The van der Waals surface area contributed by atoms with E-state index in [-0.39, 0.29) is 5.69 Å². The van der Waals surface area contributed by atoms with Gasteiger partial charge in [0, 0.05) is 19.3 Å². The molecule has 4 N–H and O–H groups in total. The highest BCUT2D eigenvalue weighted by Gasteiger charge is 2.17. The van der Waals surface area contributed by atoms with Crippen LogP contribution < -0.4 is 15.9 Å². The van der Waals surface area contributed by atoms with Crippen LogP contribution in [0.25, 0.3) is 11.0 Å². The van der Waals surface area contributed by atoms with Gasteiger partial charge in [-0.3, -0.25) is 4.79 Å². The number of likely N-dealkylation sites (N-methyl/N-ethyl adjacent to an activating group) is 2. The third-order valence-corrected chi connectivity index (χ3v) is 3.04. The smallest absolute Gasteiger partial charge is 0.323 e. The highest BCUT2D eigenvalue weighted by molar-refractivity contribution is 5.79. The Kier molecular flexibility index (Phi) is 3.57. The summed E-state index contributed by atoms with van der Waals surface area (Å²) in [6, 6.07) is 4.78. The van der Waals surface area contributed by atoms with Crippen LogP contribution in [0.2, 0.25) is 0 Å². The van der Waals surface area contributed by atoms with Crippen molar-refractivity contribution >= 4 is 22.7 Å². The summed E-state index contributed by atoms with van der Waals surface area (Å²) in [6.45, 7) is 0.325. The number of aliphatic carboxylic acids is 1. The highest BCUT2D eigenvalue weighted by atomic mass is 16.4. The van der Waals surface area contributed by atoms with Gasteiger partial charge in [-0.15, -0.1) is 0 Å². The minimum atomic E-state index is -0.898. The molecular formula is C12H16N4O3. The number of carboxylic acids is 1. The van der Waals surface area contributed by atoms with E-state index in [0.29, 0.717) is 12.1 Å². The zero-order chi connectivity index (χ0) is 14.0. The first-order chi connectivity index (χ1) is 9.01. The predicted octanol–water partition coefficient (Wildman–Crippen LogP) is -0.0350. The molecule has 7 nitrogen and oxygen atoms in total. The second-order valence-electron chi connectivity index (χ2n) is 4.37. The summed E-state index contributed by atoms with van der Waals surface area (Å²) in [6.07, 6.45) is 0. The van der Waals surface area contributed by atoms with Crippen LogP contribution >= 0.6 is 0 Å². The van der Waals surface area contributed by atoms with Gasteiger partial charge in [0.15, 0.2) is 0 Å². The number of imidazole rings is 1. The normalized spacial score (nSPS) is 12.5. The van der Waals surface area contributed by atoms with E-state index < -0.39 is 12.0 Å². The second kappa shape index (κ2) is 5.15. The third-order valence-electron chi connectivity index (χ3n) is 3.04. The fraction of sp³-hybridized carbons (Fsp3) is 0.333. The standard InChI is InChI=1S/C12H16N4O3/c1-13-10(11(17)18)6-16(2)7-3-4-8-9(5-7)15-12(19)14-8/h3-5,10,13H,6H2,1-2H3,(H,17,18)(H2,14,15,19). The molecule has 0 saturated heterocycles. The number of hydrogen-bond acceptors (Lipinski definition) is 4. The molecular weight excluding hydrogens is 248 g/mol. The lowest BCUT2D eigenvalue weighted by Crippen LogP contribution is -2.43. The van der Waals surface area contributed by atoms with Crippen LogP contribution in [0.4, 0.5) is 5.69 Å². The van der Waals surface area contributed by atoms with E-state index in [0.717, 1.165) is 11.2 Å². The van der Waals surface area contributed by atoms with Crippen molar-refractivity contribution in [2.45, 2.75) is 6.04 Å². The maximum Gasteiger partial charge on any atom is 0.323 e. The number of aromatic amines is 2. The molecule has 0 bridgehead atoms. The van der Waals surface area contributed by atoms with Gasteiger partial charge in [0.1, 0.15) is 6.04 Å². The van der Waals surface area contributed by atoms with Crippen molar-refractivity contribution in [3.63, 3.8) is 0 Å². The summed E-state index contributed by atoms with van der Waals surface area (Å²) in [7, 11) is 3.42. The summed E-state index contributed by atoms with van der Waals surface area (Å²) in [5.41, 5.74) is 2.01. The van der Waals surface area contributed by atoms with Crippen LogP contribution in [0.3, 0.4) is 0 Å². The van der Waals surface area contributed by atoms with Crippen molar-refractivity contribution < 1.29 is 9.90 Å². The predicted molar refractivity (Wildman–Crippen MR) is 72.7 cm³/mol. The zero-order valence-corrected chi connectivity index (χ0v) is 10.7. The monoisotopic (exact) mass is 264 g/mol. The number of aromatic nitrogens is 2. The molecule has 7 heteroatoms. The molecule has 0 fully saturated rings. The van der Waals surface area contributed by atoms with Crippen molar-refractivity contribution in [1.82, 2.24) is 15.3 Å². The molecule has 1 atom stereocenters. The van der Waals surface area contributed by atoms with Gasteiger partial charge in [0.2, 0.25) is 0 Å². The first kappa shape index (κ1) is 13.2. The molecule has 0 saturated carbocycles. The minimum Gasteiger partial charge on any atom is -0.480 e. The van der Waals surface area contributed by atoms with Crippen molar-refractivity contribution in [3.8, 4) is 0 Å². The number of nitrogens with zero attached hydrogens (tertiary/aromatic N) is 1. The summed E-state index contributed by atoms with van der Waals surface area (Å²) in [5.74, 6) is -0.898. The Hall–Kier alpha value is -2.28. The van der Waals surface area contributed by atoms with E-state index in [2.05, 4.69) is 15.3 Å². The Morgan fingerprint density at radius 2 is 2.11 bits per heavy atom. The average molecular weight is 264 g/mol. The van der Waals surface area contributed by atoms with Crippen molar-refractivity contribution in [2.24, 2.45) is 0 Å². The molecule has 1 aromatic carbocycles. The van der Waals surface area contributed by atoms with Crippen LogP contribution in [0.5, 0.6) is 0 Å². The Labute approximate surface area is 109 Å². The van der Waals surface area contributed by atoms with E-state index in [1.165, 1.54) is 0 Å². The van der Waals surface area contributed by atoms with Gasteiger partial charge in [-0.2, -0.15) is 0 Å². The quantitative estimate of drug-likeness (QED) is 0.607. The molecule has 0 aliphatic carbocycles. The molecule has 0 amide bonds. The fourth-order valence-electron chi connectivity index (χ4n) is 1.93. The summed E-state index contributed by atoms with van der Waals surface area (Å²) >= 11 is 0. The first-order valence-electron chi connectivity index (χ1n) is 5.84. The molecule has 0 aliphatic rings. The van der Waals surface area contributed by atoms with Crippen LogP contribution in [-0.2, 0) is 4.79 Å². The lowest BCUT2D eigenvalue weighted by Gasteiger charge is -2.23. The van der Waals surface area contributed by atoms with Gasteiger partial charge in [-0.05, 0) is 25.2 Å². The topological polar surface area (TPSA) is 101 Å². The number of benzene rings is 1. The van der Waals surface area contributed by atoms with E-state index in [1.807, 2.05) is 17.0 Å². The number of carbonyl (C=O) groups is 1. The van der Waals surface area contributed by atoms with Gasteiger partial charge in [0.05, 0.1) is 11.0 Å². The SMILES string of the molecule is CNC(CN(C)c1ccc2[nH]c(=O)[nH]c2c1)C(=O)O. The lowest BCUT2D eigenvalue weighted by atomic mass is 10.2. The zero-order valence-electron chi connectivity index (χ0n) is 10.7. The maximum atomic E-state index is 11.2. The van der Waals surface area contributed by atoms with Crippen molar-refractivity contribution in [1.29, 1.82) is 0 Å². The lowest BCUT2D eigenvalue weighted by molar-refractivity contribution is -0.139. The number of carboxylic acid groups (broad SMARTS) is 1. The highest BCUT2D eigenvalue weighted by Crippen LogP contribution is 2.18. The molecule has 0 spiro atoms. The second-order valence-corrected chi connectivity index (χ2v) is 4.37. The molecule has 102 valence electrons. The molecule has 0 radical (unpaired) electrons. The molecule has 1 unspecified atom stereocenters. The van der Waals surface area contributed by atoms with E-state index >= 15 is 0 Å². The molecule has 19 heavy (non-hydrogen) atoms. The van der Waals surface area contributed by atoms with E-state index in [4.69, 9.17) is 5.11 Å². The van der Waals surface area contributed by atoms with Crippen LogP contribution in [0.15, 0.2) is 23.0 Å². The van der Waals surface area contributed by atoms with Crippen LogP contribution in [0, 0.1) is 0 Å². The van der Waals surface area contributed by atoms with E-state index in [1.54, 1.807) is 20.2 Å². The minimum absolute atomic E-state index is 0.256. The Morgan fingerprint density at radius 1 is 1.42 bits per heavy atom. The summed E-state index contributed by atoms with van der Waals surface area (Å²) < 4.78 is 0. The molecule has 2 aromatic rings. The van der Waals surface area contributed by atoms with Crippen molar-refractivity contribution in [3.05, 3.63) is 28.7 Å². The number of hydrogen-bond donors (Lipinski definition) is 4. The number of rotatable bonds is 5. The Balaban J connectivity index is 2.23. The third kappa shape index (κ3) is 2.76. The largest absolute Gasteiger partial charge is 0.480 e. The number of anilines is 1. The summed E-state index contributed by atoms with van der Waals surface area (Å²) in [4.78, 5) is 29.3. The molecule has 2 rings (SSSR count). The van der Waals surface area contributed by atoms with Gasteiger partial charge >= 0.3 is 11.7 Å². The first-order valence-corrected chi connectivity index (χ1v) is 5.84. The maximum absolute atomic E-state index is 11.2. The Bertz CT molecular complexity index is 646. The van der Waals surface area contributed by atoms with Crippen LogP contribution in [0.1, 0.15) is 0 Å². The molecule has 0 aliphatic heterocycles. The molecule has 1 heterocycles. The van der Waals surface area contributed by atoms with Gasteiger partial charge in [-0.1, -0.05) is 0 Å². The Morgan fingerprint density at radius 3 is 2.74 bits per heavy atom.